The van der Waals surface area contributed by atoms with Crippen molar-refractivity contribution in [1.82, 2.24) is 9.55 Å². The molecule has 0 saturated carbocycles. The number of furan rings is 1. The Morgan fingerprint density at radius 2 is 0.917 bits per heavy atom. The second-order valence-electron chi connectivity index (χ2n) is 34.3. The number of hydrogen-bond acceptors (Lipinski definition) is 5. The Morgan fingerprint density at radius 3 is 1.46 bits per heavy atom. The molecule has 96 heavy (non-hydrogen) atoms. The normalized spacial score (nSPS) is 13.6. The van der Waals surface area contributed by atoms with Gasteiger partial charge in [-0.3, -0.25) is 4.57 Å². The third-order valence-corrected chi connectivity index (χ3v) is 20.1. The van der Waals surface area contributed by atoms with Crippen molar-refractivity contribution < 1.29 is 9.15 Å². The van der Waals surface area contributed by atoms with E-state index in [1.54, 1.807) is 0 Å². The van der Waals surface area contributed by atoms with Crippen LogP contribution in [0.15, 0.2) is 187 Å². The molecule has 1 aliphatic rings. The zero-order valence-electron chi connectivity index (χ0n) is 61.3. The summed E-state index contributed by atoms with van der Waals surface area (Å²) in [6.07, 6.45) is 1.95. The molecule has 0 aliphatic carbocycles. The number of rotatable bonds is 10. The van der Waals surface area contributed by atoms with Gasteiger partial charge in [0, 0.05) is 51.3 Å². The molecule has 1 aliphatic heterocycles. The maximum absolute atomic E-state index is 7.51. The fourth-order valence-corrected chi connectivity index (χ4v) is 14.3. The van der Waals surface area contributed by atoms with Gasteiger partial charge in [0.2, 0.25) is 0 Å². The molecule has 12 aromatic rings. The highest BCUT2D eigenvalue weighted by molar-refractivity contribution is 6.24. The van der Waals surface area contributed by atoms with Gasteiger partial charge in [-0.2, -0.15) is 0 Å². The summed E-state index contributed by atoms with van der Waals surface area (Å²) in [6.45, 7) is 52.0. The molecule has 0 spiro atoms. The Balaban J connectivity index is 1.06. The van der Waals surface area contributed by atoms with Crippen molar-refractivity contribution in [3.63, 3.8) is 0 Å². The second kappa shape index (κ2) is 23.5. The monoisotopic (exact) mass is 1270 g/mol. The van der Waals surface area contributed by atoms with Gasteiger partial charge in [0.1, 0.15) is 35.2 Å². The van der Waals surface area contributed by atoms with E-state index in [4.69, 9.17) is 14.1 Å². The molecular formula is C90H100N4O2. The molecule has 0 fully saturated rings. The van der Waals surface area contributed by atoms with Crippen molar-refractivity contribution in [2.75, 3.05) is 16.5 Å². The van der Waals surface area contributed by atoms with Gasteiger partial charge in [-0.1, -0.05) is 237 Å². The Labute approximate surface area is 572 Å². The lowest BCUT2D eigenvalue weighted by atomic mass is 9.76. The Bertz CT molecular complexity index is 4830. The van der Waals surface area contributed by atoms with Gasteiger partial charge in [0.25, 0.3) is 0 Å². The van der Waals surface area contributed by atoms with Gasteiger partial charge in [0.05, 0.1) is 33.5 Å². The highest BCUT2D eigenvalue weighted by atomic mass is 16.5. The summed E-state index contributed by atoms with van der Waals surface area (Å²) < 4.78 is 16.6. The van der Waals surface area contributed by atoms with Crippen molar-refractivity contribution >= 4 is 66.5 Å². The van der Waals surface area contributed by atoms with Gasteiger partial charge in [-0.05, 0) is 190 Å². The molecular weight excluding hydrogens is 1170 g/mol. The largest absolute Gasteiger partial charge is 0.457 e. The summed E-state index contributed by atoms with van der Waals surface area (Å²) in [5, 5.41) is 4.30. The number of para-hydroxylation sites is 3. The number of hydrogen-bond donors (Lipinski definition) is 0. The van der Waals surface area contributed by atoms with Crippen molar-refractivity contribution in [3.8, 4) is 50.7 Å². The van der Waals surface area contributed by atoms with Crippen LogP contribution in [-0.4, -0.2) is 16.2 Å². The standard InChI is InChI=1S/C90H100N4O2/c1-54(2)68-29-27-30-69(55(3)4)81(68)58-44-65(51-67(45-58)95-66-34-35-72-78(52-66)94(80-50-59(38-39-91-80)85(5,6)7)77-37-36-71-70-28-23-26-33-79(70)96-84(71)82(72)77)92-53-93(76-32-25-24-31-75(76)92)83-73(56-40-60(86(8,9)10)46-61(41-56)87(11,12)13)48-64(90(20,21)22)49-74(83)57-42-62(88(14,15)16)47-63(43-57)89(17,18)19/h23-52,54-55H,53H2,1-22H3. The van der Waals surface area contributed by atoms with Crippen molar-refractivity contribution in [1.29, 1.82) is 0 Å². The highest BCUT2D eigenvalue weighted by Crippen LogP contribution is 2.54. The zero-order valence-corrected chi connectivity index (χ0v) is 61.3. The van der Waals surface area contributed by atoms with Gasteiger partial charge in [0.15, 0.2) is 0 Å². The molecule has 0 amide bonds. The molecule has 6 nitrogen and oxygen atoms in total. The third-order valence-electron chi connectivity index (χ3n) is 20.1. The predicted molar refractivity (Wildman–Crippen MR) is 411 cm³/mol. The van der Waals surface area contributed by atoms with Crippen LogP contribution in [0.1, 0.15) is 209 Å². The third kappa shape index (κ3) is 12.1. The average Bonchev–Trinajstić information content (AvgIpc) is 1.54. The van der Waals surface area contributed by atoms with E-state index in [0.29, 0.717) is 6.67 Å². The molecule has 0 radical (unpaired) electrons. The number of ether oxygens (including phenoxy) is 1. The maximum atomic E-state index is 7.51. The molecule has 3 aromatic heterocycles. The van der Waals surface area contributed by atoms with Crippen LogP contribution in [0.5, 0.6) is 11.5 Å². The number of anilines is 4. The van der Waals surface area contributed by atoms with Crippen LogP contribution in [0, 0.1) is 0 Å². The molecule has 13 rings (SSSR count). The van der Waals surface area contributed by atoms with Crippen LogP contribution >= 0.6 is 0 Å². The van der Waals surface area contributed by atoms with Gasteiger partial charge in [-0.15, -0.1) is 0 Å². The SMILES string of the molecule is CC(C)c1cccc(C(C)C)c1-c1cc(Oc2ccc3c4c5oc6ccccc6c5ccc4n(-c4cc(C(C)(C)C)ccn4)c3c2)cc(N2CN(c3c(-c4cc(C(C)(C)C)cc(C(C)(C)C)c4)cc(C(C)(C)C)cc3-c3cc(C(C)(C)C)cc(C(C)(C)C)c3)c3ccccc32)c1. The fourth-order valence-electron chi connectivity index (χ4n) is 14.3. The number of fused-ring (bicyclic) bond motifs is 8. The van der Waals surface area contributed by atoms with E-state index in [9.17, 15) is 0 Å². The van der Waals surface area contributed by atoms with Gasteiger partial charge < -0.3 is 19.0 Å². The molecule has 0 atom stereocenters. The lowest BCUT2D eigenvalue weighted by Crippen LogP contribution is -2.26. The fraction of sp³-hybridized carbons (Fsp3) is 0.344. The highest BCUT2D eigenvalue weighted by Gasteiger charge is 2.36. The Hall–Kier alpha value is -8.87. The topological polar surface area (TPSA) is 46.7 Å². The van der Waals surface area contributed by atoms with Gasteiger partial charge in [-0.25, -0.2) is 4.98 Å². The van der Waals surface area contributed by atoms with Crippen LogP contribution in [-0.2, 0) is 32.5 Å². The van der Waals surface area contributed by atoms with Crippen LogP contribution in [0.25, 0.3) is 82.9 Å². The molecule has 0 saturated heterocycles. The lowest BCUT2D eigenvalue weighted by Gasteiger charge is -2.33. The summed E-state index contributed by atoms with van der Waals surface area (Å²) in [4.78, 5) is 10.3. The van der Waals surface area contributed by atoms with E-state index in [1.165, 1.54) is 78.0 Å². The Kier molecular flexibility index (Phi) is 16.1. The molecule has 0 bridgehead atoms. The minimum atomic E-state index is -0.172. The number of aromatic nitrogens is 2. The molecule has 6 heteroatoms. The zero-order chi connectivity index (χ0) is 68.7. The molecule has 4 heterocycles. The van der Waals surface area contributed by atoms with Crippen LogP contribution in [0.3, 0.4) is 0 Å². The first kappa shape index (κ1) is 65.8. The summed E-state index contributed by atoms with van der Waals surface area (Å²) in [6, 6.07) is 66.7. The number of nitrogens with zero attached hydrogens (tertiary/aromatic N) is 4. The van der Waals surface area contributed by atoms with E-state index in [0.717, 1.165) is 83.7 Å². The molecule has 0 N–H and O–H groups in total. The molecule has 9 aromatic carbocycles. The second-order valence-corrected chi connectivity index (χ2v) is 34.3. The van der Waals surface area contributed by atoms with E-state index < -0.39 is 0 Å². The van der Waals surface area contributed by atoms with E-state index in [2.05, 4.69) is 337 Å². The van der Waals surface area contributed by atoms with Crippen molar-refractivity contribution in [2.24, 2.45) is 0 Å². The van der Waals surface area contributed by atoms with Crippen LogP contribution < -0.4 is 14.5 Å². The summed E-state index contributed by atoms with van der Waals surface area (Å²) in [5.74, 6) is 2.85. The summed E-state index contributed by atoms with van der Waals surface area (Å²) in [7, 11) is 0. The van der Waals surface area contributed by atoms with E-state index >= 15 is 0 Å². The quantitative estimate of drug-likeness (QED) is 0.137. The first-order chi connectivity index (χ1) is 45.0. The smallest absolute Gasteiger partial charge is 0.145 e. The number of benzene rings is 9. The lowest BCUT2D eigenvalue weighted by molar-refractivity contribution is 0.483. The van der Waals surface area contributed by atoms with Crippen molar-refractivity contribution in [3.05, 3.63) is 227 Å². The Morgan fingerprint density at radius 1 is 0.406 bits per heavy atom. The average molecular weight is 1270 g/mol. The van der Waals surface area contributed by atoms with Crippen molar-refractivity contribution in [2.45, 2.75) is 197 Å². The minimum Gasteiger partial charge on any atom is -0.457 e. The van der Waals surface area contributed by atoms with Crippen LogP contribution in [0.4, 0.5) is 22.7 Å². The van der Waals surface area contributed by atoms with E-state index in [-0.39, 0.29) is 44.3 Å². The first-order valence-corrected chi connectivity index (χ1v) is 35.0. The first-order valence-electron chi connectivity index (χ1n) is 35.0. The minimum absolute atomic E-state index is 0.0974. The van der Waals surface area contributed by atoms with E-state index in [1.807, 2.05) is 12.3 Å². The van der Waals surface area contributed by atoms with Crippen LogP contribution in [0.2, 0.25) is 0 Å². The molecule has 492 valence electrons. The number of pyridine rings is 1. The summed E-state index contributed by atoms with van der Waals surface area (Å²) >= 11 is 0. The van der Waals surface area contributed by atoms with Gasteiger partial charge >= 0.3 is 0 Å². The maximum Gasteiger partial charge on any atom is 0.145 e. The predicted octanol–water partition coefficient (Wildman–Crippen LogP) is 26.2. The molecule has 0 unspecified atom stereocenters. The summed E-state index contributed by atoms with van der Waals surface area (Å²) in [5.41, 5.74) is 25.3.